The van der Waals surface area contributed by atoms with Crippen LogP contribution in [0.15, 0.2) is 52.4 Å². The Kier molecular flexibility index (Phi) is 6.99. The molecule has 0 fully saturated rings. The molecule has 0 bridgehead atoms. The maximum atomic E-state index is 13.0. The molecule has 0 aliphatic carbocycles. The number of pyridine rings is 1. The number of carbonyl (C=O) groups is 1. The lowest BCUT2D eigenvalue weighted by molar-refractivity contribution is 0.102. The van der Waals surface area contributed by atoms with E-state index in [1.54, 1.807) is 28.9 Å². The average Bonchev–Trinajstić information content (AvgIpc) is 2.97. The topological polar surface area (TPSA) is 118 Å². The Hall–Kier alpha value is -3.24. The van der Waals surface area contributed by atoms with E-state index in [-0.39, 0.29) is 15.6 Å². The fraction of sp³-hybridized carbons (Fsp3) is 0.304. The molecule has 3 aromatic rings. The molecule has 0 spiro atoms. The number of aromatic nitrogens is 3. The summed E-state index contributed by atoms with van der Waals surface area (Å²) in [6, 6.07) is 11.2. The van der Waals surface area contributed by atoms with E-state index >= 15 is 0 Å². The monoisotopic (exact) mass is 500 g/mol. The van der Waals surface area contributed by atoms with Gasteiger partial charge in [-0.05, 0) is 63.1 Å². The Labute approximate surface area is 203 Å². The minimum Gasteiger partial charge on any atom is -0.321 e. The van der Waals surface area contributed by atoms with Crippen LogP contribution in [-0.4, -0.2) is 41.5 Å². The van der Waals surface area contributed by atoms with Gasteiger partial charge in [-0.1, -0.05) is 24.1 Å². The van der Waals surface area contributed by atoms with Gasteiger partial charge in [0.2, 0.25) is 0 Å². The quantitative estimate of drug-likeness (QED) is 0.548. The van der Waals surface area contributed by atoms with Crippen LogP contribution >= 0.6 is 11.6 Å². The van der Waals surface area contributed by atoms with Crippen LogP contribution in [0.2, 0.25) is 5.02 Å². The maximum Gasteiger partial charge on any atom is 0.275 e. The number of sulfonamides is 1. The fourth-order valence-electron chi connectivity index (χ4n) is 3.67. The number of benzene rings is 1. The summed E-state index contributed by atoms with van der Waals surface area (Å²) in [5, 5.41) is 7.23. The van der Waals surface area contributed by atoms with Gasteiger partial charge in [-0.2, -0.15) is 5.10 Å². The minimum absolute atomic E-state index is 0.00548. The highest BCUT2D eigenvalue weighted by atomic mass is 35.5. The molecule has 0 unspecified atom stereocenters. The van der Waals surface area contributed by atoms with Crippen LogP contribution < -0.4 is 10.0 Å². The second kappa shape index (κ2) is 9.94. The Bertz CT molecular complexity index is 1370. The van der Waals surface area contributed by atoms with Gasteiger partial charge in [0.1, 0.15) is 11.5 Å². The van der Waals surface area contributed by atoms with E-state index in [0.717, 1.165) is 30.7 Å². The number of rotatable bonds is 5. The molecule has 11 heteroatoms. The molecule has 178 valence electrons. The van der Waals surface area contributed by atoms with Gasteiger partial charge < -0.3 is 5.32 Å². The van der Waals surface area contributed by atoms with Crippen molar-refractivity contribution in [1.29, 1.82) is 0 Å². The summed E-state index contributed by atoms with van der Waals surface area (Å²) in [7, 11) is -3.84. The van der Waals surface area contributed by atoms with Crippen LogP contribution in [0.4, 0.5) is 5.69 Å². The number of hydrogen-bond acceptors (Lipinski definition) is 6. The number of anilines is 1. The predicted octanol–water partition coefficient (Wildman–Crippen LogP) is 4.04. The zero-order valence-corrected chi connectivity index (χ0v) is 20.4. The Morgan fingerprint density at radius 3 is 2.68 bits per heavy atom. The van der Waals surface area contributed by atoms with Crippen molar-refractivity contribution in [3.8, 4) is 5.82 Å². The smallest absolute Gasteiger partial charge is 0.275 e. The zero-order valence-electron chi connectivity index (χ0n) is 18.9. The van der Waals surface area contributed by atoms with E-state index in [9.17, 15) is 13.2 Å². The lowest BCUT2D eigenvalue weighted by atomic mass is 10.2. The van der Waals surface area contributed by atoms with Crippen LogP contribution in [0.25, 0.3) is 5.82 Å². The number of nitrogens with zero attached hydrogens (tertiary/aromatic N) is 4. The molecular formula is C23H25ClN6O3S. The molecule has 1 aliphatic heterocycles. The molecule has 1 aliphatic rings. The molecule has 4 rings (SSSR count). The largest absolute Gasteiger partial charge is 0.321 e. The van der Waals surface area contributed by atoms with E-state index in [0.29, 0.717) is 30.3 Å². The number of aryl methyl sites for hydroxylation is 2. The molecule has 34 heavy (non-hydrogen) atoms. The highest BCUT2D eigenvalue weighted by Crippen LogP contribution is 2.21. The number of nitrogens with one attached hydrogen (secondary N) is 2. The maximum absolute atomic E-state index is 13.0. The van der Waals surface area contributed by atoms with Gasteiger partial charge in [-0.15, -0.1) is 0 Å². The molecule has 0 radical (unpaired) electrons. The standard InChI is InChI=1S/C23H25ClN6O3S/c1-15-13-16(2)30(28-15)21-11-10-19(24)22(27-21)23(31)26-17-7-6-8-18(14-17)34(32,33)29-20-9-4-3-5-12-25-20/h6-8,10-11,13-14H,3-5,9,12H2,1-2H3,(H,25,29)(H,26,31). The molecule has 9 nitrogen and oxygen atoms in total. The number of amidine groups is 1. The fourth-order valence-corrected chi connectivity index (χ4v) is 5.00. The van der Waals surface area contributed by atoms with E-state index in [1.807, 2.05) is 19.9 Å². The number of hydrogen-bond donors (Lipinski definition) is 2. The molecule has 2 aromatic heterocycles. The predicted molar refractivity (Wildman–Crippen MR) is 131 cm³/mol. The SMILES string of the molecule is Cc1cc(C)n(-c2ccc(Cl)c(C(=O)Nc3cccc(S(=O)(=O)NC4=NCCCCC4)c3)n2)n1. The molecule has 3 heterocycles. The summed E-state index contributed by atoms with van der Waals surface area (Å²) in [6.45, 7) is 4.36. The summed E-state index contributed by atoms with van der Waals surface area (Å²) in [6.07, 6.45) is 3.45. The molecule has 2 N–H and O–H groups in total. The van der Waals surface area contributed by atoms with E-state index < -0.39 is 15.9 Å². The Balaban J connectivity index is 1.55. The molecule has 0 atom stereocenters. The van der Waals surface area contributed by atoms with Gasteiger partial charge in [-0.25, -0.2) is 18.1 Å². The molecular weight excluding hydrogens is 476 g/mol. The van der Waals surface area contributed by atoms with Crippen molar-refractivity contribution in [2.75, 3.05) is 11.9 Å². The van der Waals surface area contributed by atoms with Crippen molar-refractivity contribution in [3.63, 3.8) is 0 Å². The summed E-state index contributed by atoms with van der Waals surface area (Å²) in [5.74, 6) is 0.345. The second-order valence-electron chi connectivity index (χ2n) is 8.07. The molecule has 0 saturated heterocycles. The van der Waals surface area contributed by atoms with Crippen molar-refractivity contribution >= 4 is 39.1 Å². The number of halogens is 1. The van der Waals surface area contributed by atoms with Gasteiger partial charge in [0.25, 0.3) is 15.9 Å². The summed E-state index contributed by atoms with van der Waals surface area (Å²) in [4.78, 5) is 21.7. The summed E-state index contributed by atoms with van der Waals surface area (Å²) < 4.78 is 29.9. The van der Waals surface area contributed by atoms with Gasteiger partial charge in [-0.3, -0.25) is 14.5 Å². The molecule has 0 saturated carbocycles. The van der Waals surface area contributed by atoms with Gasteiger partial charge >= 0.3 is 0 Å². The number of aliphatic imine (C=N–C) groups is 1. The van der Waals surface area contributed by atoms with E-state index in [1.165, 1.54) is 12.1 Å². The third-order valence-electron chi connectivity index (χ3n) is 5.30. The van der Waals surface area contributed by atoms with Gasteiger partial charge in [0, 0.05) is 24.3 Å². The minimum atomic E-state index is -3.84. The zero-order chi connectivity index (χ0) is 24.3. The van der Waals surface area contributed by atoms with Crippen molar-refractivity contribution in [3.05, 3.63) is 64.6 Å². The first kappa shape index (κ1) is 23.9. The van der Waals surface area contributed by atoms with Crippen molar-refractivity contribution < 1.29 is 13.2 Å². The van der Waals surface area contributed by atoms with Crippen LogP contribution in [0.1, 0.15) is 47.6 Å². The first-order valence-electron chi connectivity index (χ1n) is 10.9. The Morgan fingerprint density at radius 1 is 1.09 bits per heavy atom. The highest BCUT2D eigenvalue weighted by Gasteiger charge is 2.20. The van der Waals surface area contributed by atoms with Crippen LogP contribution in [0.3, 0.4) is 0 Å². The van der Waals surface area contributed by atoms with Crippen LogP contribution in [0, 0.1) is 13.8 Å². The number of amides is 1. The van der Waals surface area contributed by atoms with Crippen LogP contribution in [-0.2, 0) is 10.0 Å². The van der Waals surface area contributed by atoms with Gasteiger partial charge in [0.05, 0.1) is 15.6 Å². The van der Waals surface area contributed by atoms with Crippen molar-refractivity contribution in [2.24, 2.45) is 4.99 Å². The normalized spacial score (nSPS) is 14.3. The van der Waals surface area contributed by atoms with Crippen molar-refractivity contribution in [1.82, 2.24) is 19.5 Å². The third kappa shape index (κ3) is 5.45. The summed E-state index contributed by atoms with van der Waals surface area (Å²) >= 11 is 6.24. The molecule has 1 amide bonds. The van der Waals surface area contributed by atoms with Crippen molar-refractivity contribution in [2.45, 2.75) is 44.4 Å². The number of carbonyl (C=O) groups excluding carboxylic acids is 1. The first-order valence-corrected chi connectivity index (χ1v) is 12.8. The van der Waals surface area contributed by atoms with Crippen LogP contribution in [0.5, 0.6) is 0 Å². The van der Waals surface area contributed by atoms with E-state index in [4.69, 9.17) is 11.6 Å². The summed E-state index contributed by atoms with van der Waals surface area (Å²) in [5.41, 5.74) is 1.99. The van der Waals surface area contributed by atoms with E-state index in [2.05, 4.69) is 25.1 Å². The first-order chi connectivity index (χ1) is 16.2. The Morgan fingerprint density at radius 2 is 1.91 bits per heavy atom. The van der Waals surface area contributed by atoms with Gasteiger partial charge in [0.15, 0.2) is 5.82 Å². The lowest BCUT2D eigenvalue weighted by Crippen LogP contribution is -2.30. The molecule has 1 aromatic carbocycles. The second-order valence-corrected chi connectivity index (χ2v) is 10.2. The highest BCUT2D eigenvalue weighted by molar-refractivity contribution is 7.90. The third-order valence-corrected chi connectivity index (χ3v) is 6.99. The lowest BCUT2D eigenvalue weighted by Gasteiger charge is -2.12. The average molecular weight is 501 g/mol.